The van der Waals surface area contributed by atoms with Gasteiger partial charge in [-0.15, -0.1) is 0 Å². The Morgan fingerprint density at radius 3 is 2.94 bits per heavy atom. The van der Waals surface area contributed by atoms with Gasteiger partial charge in [0.05, 0.1) is 12.6 Å². The quantitative estimate of drug-likeness (QED) is 0.801. The molecule has 0 aromatic heterocycles. The minimum absolute atomic E-state index is 0.147. The highest BCUT2D eigenvalue weighted by atomic mass is 16.5. The van der Waals surface area contributed by atoms with Gasteiger partial charge >= 0.3 is 0 Å². The third kappa shape index (κ3) is 3.96. The molecule has 1 N–H and O–H groups in total. The maximum Gasteiger partial charge on any atom is 0.234 e. The van der Waals surface area contributed by atoms with Gasteiger partial charge in [-0.1, -0.05) is 6.42 Å². The van der Waals surface area contributed by atoms with Crippen molar-refractivity contribution < 1.29 is 9.53 Å². The zero-order chi connectivity index (χ0) is 12.1. The van der Waals surface area contributed by atoms with Gasteiger partial charge in [0.25, 0.3) is 0 Å². The first-order chi connectivity index (χ1) is 8.25. The van der Waals surface area contributed by atoms with E-state index < -0.39 is 0 Å². The van der Waals surface area contributed by atoms with Crippen molar-refractivity contribution in [2.24, 2.45) is 0 Å². The molecule has 0 aromatic carbocycles. The molecule has 2 atom stereocenters. The Bertz CT molecular complexity index is 252. The molecule has 2 aliphatic rings. The number of nitrogens with zero attached hydrogens (tertiary/aromatic N) is 1. The van der Waals surface area contributed by atoms with Crippen molar-refractivity contribution in [1.29, 1.82) is 0 Å². The molecular weight excluding hydrogens is 216 g/mol. The Hall–Kier alpha value is -0.610. The maximum atomic E-state index is 11.8. The van der Waals surface area contributed by atoms with Crippen LogP contribution in [0, 0.1) is 0 Å². The summed E-state index contributed by atoms with van der Waals surface area (Å²) in [7, 11) is 0. The third-order valence-electron chi connectivity index (χ3n) is 3.84. The number of hydrogen-bond donors (Lipinski definition) is 1. The molecule has 0 aliphatic carbocycles. The molecule has 2 saturated heterocycles. The molecule has 0 spiro atoms. The molecule has 2 fully saturated rings. The molecule has 2 heterocycles. The number of likely N-dealkylation sites (tertiary alicyclic amines) is 1. The summed E-state index contributed by atoms with van der Waals surface area (Å²) in [6.07, 6.45) is 6.21. The smallest absolute Gasteiger partial charge is 0.234 e. The summed E-state index contributed by atoms with van der Waals surface area (Å²) in [6, 6.07) is 0.553. The van der Waals surface area contributed by atoms with E-state index in [2.05, 4.69) is 17.1 Å². The number of carbonyl (C=O) groups excluding carboxylic acids is 1. The van der Waals surface area contributed by atoms with Crippen LogP contribution >= 0.6 is 0 Å². The van der Waals surface area contributed by atoms with Crippen LogP contribution in [0.15, 0.2) is 0 Å². The third-order valence-corrected chi connectivity index (χ3v) is 3.84. The standard InChI is InChI=1S/C13H24N2O2/c1-11-5-2-3-7-15(11)10-13(16)14-9-12-6-4-8-17-12/h11-12H,2-10H2,1H3,(H,14,16)/t11-,12+/m0/s1. The lowest BCUT2D eigenvalue weighted by Crippen LogP contribution is -2.45. The van der Waals surface area contributed by atoms with Crippen molar-refractivity contribution in [2.45, 2.75) is 51.2 Å². The number of carbonyl (C=O) groups is 1. The lowest BCUT2D eigenvalue weighted by molar-refractivity contribution is -0.123. The van der Waals surface area contributed by atoms with Gasteiger partial charge < -0.3 is 10.1 Å². The molecule has 0 radical (unpaired) electrons. The van der Waals surface area contributed by atoms with Gasteiger partial charge in [0.2, 0.25) is 5.91 Å². The number of nitrogens with one attached hydrogen (secondary N) is 1. The predicted octanol–water partition coefficient (Wildman–Crippen LogP) is 1.16. The summed E-state index contributed by atoms with van der Waals surface area (Å²) < 4.78 is 5.49. The number of hydrogen-bond acceptors (Lipinski definition) is 3. The second kappa shape index (κ2) is 6.36. The second-order valence-electron chi connectivity index (χ2n) is 5.25. The lowest BCUT2D eigenvalue weighted by Gasteiger charge is -2.32. The van der Waals surface area contributed by atoms with Crippen LogP contribution < -0.4 is 5.32 Å². The second-order valence-corrected chi connectivity index (χ2v) is 5.25. The largest absolute Gasteiger partial charge is 0.376 e. The molecule has 2 aliphatic heterocycles. The minimum Gasteiger partial charge on any atom is -0.376 e. The van der Waals surface area contributed by atoms with Crippen LogP contribution in [0.3, 0.4) is 0 Å². The van der Waals surface area contributed by atoms with Gasteiger partial charge in [-0.3, -0.25) is 9.69 Å². The van der Waals surface area contributed by atoms with Crippen molar-refractivity contribution in [2.75, 3.05) is 26.2 Å². The van der Waals surface area contributed by atoms with Gasteiger partial charge in [-0.05, 0) is 39.2 Å². The fraction of sp³-hybridized carbons (Fsp3) is 0.923. The van der Waals surface area contributed by atoms with Gasteiger partial charge in [0.1, 0.15) is 0 Å². The first-order valence-corrected chi connectivity index (χ1v) is 6.88. The molecule has 0 saturated carbocycles. The summed E-state index contributed by atoms with van der Waals surface area (Å²) in [6.45, 7) is 5.36. The lowest BCUT2D eigenvalue weighted by atomic mass is 10.0. The van der Waals surface area contributed by atoms with Crippen LogP contribution in [0.2, 0.25) is 0 Å². The van der Waals surface area contributed by atoms with Crippen molar-refractivity contribution in [1.82, 2.24) is 10.2 Å². The van der Waals surface area contributed by atoms with Crippen LogP contribution in [0.1, 0.15) is 39.0 Å². The molecule has 0 bridgehead atoms. The zero-order valence-corrected chi connectivity index (χ0v) is 10.8. The van der Waals surface area contributed by atoms with Crippen LogP contribution in [-0.4, -0.2) is 49.2 Å². The average molecular weight is 240 g/mol. The van der Waals surface area contributed by atoms with E-state index in [4.69, 9.17) is 4.74 Å². The van der Waals surface area contributed by atoms with E-state index in [1.54, 1.807) is 0 Å². The summed E-state index contributed by atoms with van der Waals surface area (Å²) in [5, 5.41) is 2.99. The predicted molar refractivity (Wildman–Crippen MR) is 66.9 cm³/mol. The highest BCUT2D eigenvalue weighted by Gasteiger charge is 2.21. The Morgan fingerprint density at radius 2 is 2.24 bits per heavy atom. The van der Waals surface area contributed by atoms with Gasteiger partial charge in [-0.25, -0.2) is 0 Å². The number of piperidine rings is 1. The Morgan fingerprint density at radius 1 is 1.35 bits per heavy atom. The Labute approximate surface area is 104 Å². The van der Waals surface area contributed by atoms with Crippen molar-refractivity contribution in [3.63, 3.8) is 0 Å². The SMILES string of the molecule is C[C@H]1CCCCN1CC(=O)NC[C@H]1CCCO1. The minimum atomic E-state index is 0.147. The topological polar surface area (TPSA) is 41.6 Å². The molecule has 17 heavy (non-hydrogen) atoms. The summed E-state index contributed by atoms with van der Waals surface area (Å²) in [5.41, 5.74) is 0. The monoisotopic (exact) mass is 240 g/mol. The van der Waals surface area contributed by atoms with Crippen molar-refractivity contribution in [3.05, 3.63) is 0 Å². The van der Waals surface area contributed by atoms with Gasteiger partial charge in [0, 0.05) is 19.2 Å². The molecule has 2 rings (SSSR count). The van der Waals surface area contributed by atoms with Gasteiger partial charge in [0.15, 0.2) is 0 Å². The Kier molecular flexibility index (Phi) is 4.80. The van der Waals surface area contributed by atoms with Crippen LogP contribution in [-0.2, 0) is 9.53 Å². The fourth-order valence-corrected chi connectivity index (χ4v) is 2.67. The molecule has 98 valence electrons. The fourth-order valence-electron chi connectivity index (χ4n) is 2.67. The highest BCUT2D eigenvalue weighted by molar-refractivity contribution is 5.78. The number of amides is 1. The first-order valence-electron chi connectivity index (χ1n) is 6.88. The number of ether oxygens (including phenoxy) is 1. The van der Waals surface area contributed by atoms with E-state index in [9.17, 15) is 4.79 Å². The molecule has 0 unspecified atom stereocenters. The highest BCUT2D eigenvalue weighted by Crippen LogP contribution is 2.15. The van der Waals surface area contributed by atoms with Crippen LogP contribution in [0.4, 0.5) is 0 Å². The summed E-state index contributed by atoms with van der Waals surface area (Å²) in [5.74, 6) is 0.147. The molecule has 1 amide bonds. The average Bonchev–Trinajstić information content (AvgIpc) is 2.82. The number of rotatable bonds is 4. The van der Waals surface area contributed by atoms with E-state index >= 15 is 0 Å². The maximum absolute atomic E-state index is 11.8. The molecule has 4 nitrogen and oxygen atoms in total. The van der Waals surface area contributed by atoms with Gasteiger partial charge in [-0.2, -0.15) is 0 Å². The molecule has 4 heteroatoms. The van der Waals surface area contributed by atoms with E-state index in [1.165, 1.54) is 19.3 Å². The zero-order valence-electron chi connectivity index (χ0n) is 10.8. The van der Waals surface area contributed by atoms with E-state index in [-0.39, 0.29) is 12.0 Å². The summed E-state index contributed by atoms with van der Waals surface area (Å²) in [4.78, 5) is 14.1. The Balaban J connectivity index is 1.65. The normalized spacial score (nSPS) is 30.4. The first kappa shape index (κ1) is 12.8. The van der Waals surface area contributed by atoms with E-state index in [0.29, 0.717) is 19.1 Å². The molecular formula is C13H24N2O2. The molecule has 0 aromatic rings. The van der Waals surface area contributed by atoms with E-state index in [0.717, 1.165) is 26.0 Å². The summed E-state index contributed by atoms with van der Waals surface area (Å²) >= 11 is 0. The van der Waals surface area contributed by atoms with Crippen molar-refractivity contribution >= 4 is 5.91 Å². The van der Waals surface area contributed by atoms with Crippen molar-refractivity contribution in [3.8, 4) is 0 Å². The van der Waals surface area contributed by atoms with Crippen LogP contribution in [0.25, 0.3) is 0 Å². The van der Waals surface area contributed by atoms with E-state index in [1.807, 2.05) is 0 Å². The van der Waals surface area contributed by atoms with Crippen LogP contribution in [0.5, 0.6) is 0 Å².